The smallest absolute Gasteiger partial charge is 0.220 e. The Morgan fingerprint density at radius 3 is 1.32 bits per heavy atom. The summed E-state index contributed by atoms with van der Waals surface area (Å²) in [6.45, 7) is 6.68. The second-order valence-electron chi connectivity index (χ2n) is 12.6. The van der Waals surface area contributed by atoms with E-state index in [1.807, 2.05) is 6.08 Å². The zero-order valence-corrected chi connectivity index (χ0v) is 27.7. The fourth-order valence-electron chi connectivity index (χ4n) is 5.69. The Morgan fingerprint density at radius 2 is 0.925 bits per heavy atom. The third-order valence-electron chi connectivity index (χ3n) is 8.42. The predicted molar refractivity (Wildman–Crippen MR) is 178 cm³/mol. The molecule has 40 heavy (non-hydrogen) atoms. The lowest BCUT2D eigenvalue weighted by Gasteiger charge is -2.21. The number of aliphatic hydroxyl groups excluding tert-OH is 1. The van der Waals surface area contributed by atoms with Gasteiger partial charge in [0, 0.05) is 6.42 Å². The molecule has 0 bridgehead atoms. The van der Waals surface area contributed by atoms with Gasteiger partial charge >= 0.3 is 0 Å². The summed E-state index contributed by atoms with van der Waals surface area (Å²) in [4.78, 5) is 12.5. The summed E-state index contributed by atoms with van der Waals surface area (Å²) >= 11 is 0. The first-order valence-electron chi connectivity index (χ1n) is 18.3. The molecule has 0 saturated carbocycles. The molecule has 0 aromatic carbocycles. The van der Waals surface area contributed by atoms with Crippen molar-refractivity contribution in [3.05, 3.63) is 12.2 Å². The van der Waals surface area contributed by atoms with Crippen molar-refractivity contribution in [2.75, 3.05) is 0 Å². The number of rotatable bonds is 32. The van der Waals surface area contributed by atoms with Crippen LogP contribution in [0.3, 0.4) is 0 Å². The molecular formula is C37H73NO2. The lowest BCUT2D eigenvalue weighted by atomic mass is 10.0. The van der Waals surface area contributed by atoms with Crippen molar-refractivity contribution in [1.82, 2.24) is 5.32 Å². The average molecular weight is 564 g/mol. The first-order chi connectivity index (χ1) is 19.7. The quantitative estimate of drug-likeness (QED) is 0.0631. The van der Waals surface area contributed by atoms with E-state index >= 15 is 0 Å². The van der Waals surface area contributed by atoms with E-state index in [0.717, 1.165) is 32.1 Å². The molecule has 0 heterocycles. The molecule has 2 atom stereocenters. The van der Waals surface area contributed by atoms with Crippen molar-refractivity contribution in [3.63, 3.8) is 0 Å². The molecule has 0 aromatic rings. The zero-order valence-electron chi connectivity index (χ0n) is 27.7. The number of allylic oxidation sites excluding steroid dienone is 1. The van der Waals surface area contributed by atoms with Gasteiger partial charge in [-0.05, 0) is 25.7 Å². The fraction of sp³-hybridized carbons (Fsp3) is 0.919. The molecule has 238 valence electrons. The largest absolute Gasteiger partial charge is 0.387 e. The van der Waals surface area contributed by atoms with E-state index < -0.39 is 6.10 Å². The van der Waals surface area contributed by atoms with Gasteiger partial charge < -0.3 is 10.4 Å². The van der Waals surface area contributed by atoms with Gasteiger partial charge in [0.1, 0.15) is 0 Å². The molecule has 0 rings (SSSR count). The van der Waals surface area contributed by atoms with Gasteiger partial charge in [0.2, 0.25) is 5.91 Å². The van der Waals surface area contributed by atoms with Crippen LogP contribution in [-0.2, 0) is 4.79 Å². The molecule has 3 heteroatoms. The van der Waals surface area contributed by atoms with E-state index in [-0.39, 0.29) is 11.9 Å². The maximum Gasteiger partial charge on any atom is 0.220 e. The van der Waals surface area contributed by atoms with Crippen LogP contribution < -0.4 is 5.32 Å². The topological polar surface area (TPSA) is 49.3 Å². The van der Waals surface area contributed by atoms with Gasteiger partial charge in [0.25, 0.3) is 0 Å². The fourth-order valence-corrected chi connectivity index (χ4v) is 5.69. The van der Waals surface area contributed by atoms with Crippen LogP contribution in [0.15, 0.2) is 12.2 Å². The summed E-state index contributed by atoms with van der Waals surface area (Å²) in [5.74, 6) is 0.107. The van der Waals surface area contributed by atoms with Crippen molar-refractivity contribution in [2.45, 2.75) is 219 Å². The van der Waals surface area contributed by atoms with Gasteiger partial charge in [-0.1, -0.05) is 187 Å². The third kappa shape index (κ3) is 28.7. The molecule has 0 spiro atoms. The molecule has 3 nitrogen and oxygen atoms in total. The van der Waals surface area contributed by atoms with Crippen LogP contribution in [0.5, 0.6) is 0 Å². The Morgan fingerprint density at radius 1 is 0.550 bits per heavy atom. The second-order valence-corrected chi connectivity index (χ2v) is 12.6. The van der Waals surface area contributed by atoms with E-state index in [4.69, 9.17) is 0 Å². The molecule has 0 aliphatic rings. The first-order valence-corrected chi connectivity index (χ1v) is 18.3. The summed E-state index contributed by atoms with van der Waals surface area (Å²) in [7, 11) is 0. The standard InChI is InChI=1S/C37H73NO2/c1-4-7-9-11-13-15-17-19-21-23-25-27-29-31-34-37(40)38-35(32-6-3)36(39)33-30-28-26-24-22-20-18-16-14-12-10-8-5-2/h30,33,35-36,39H,4-29,31-32,34H2,1-3H3,(H,38,40)/b33-30+/t35-,36+/m0/s1. The minimum atomic E-state index is -0.576. The van der Waals surface area contributed by atoms with Crippen LogP contribution in [-0.4, -0.2) is 23.2 Å². The Hall–Kier alpha value is -0.830. The molecule has 0 radical (unpaired) electrons. The monoisotopic (exact) mass is 564 g/mol. The van der Waals surface area contributed by atoms with E-state index in [9.17, 15) is 9.90 Å². The predicted octanol–water partition coefficient (Wildman–Crippen LogP) is 11.8. The Labute approximate surface area is 252 Å². The maximum absolute atomic E-state index is 12.5. The Kier molecular flexibility index (Phi) is 32.0. The summed E-state index contributed by atoms with van der Waals surface area (Å²) < 4.78 is 0. The third-order valence-corrected chi connectivity index (χ3v) is 8.42. The van der Waals surface area contributed by atoms with Gasteiger partial charge in [0.05, 0.1) is 12.1 Å². The summed E-state index contributed by atoms with van der Waals surface area (Å²) in [5.41, 5.74) is 0. The van der Waals surface area contributed by atoms with Crippen LogP contribution in [0, 0.1) is 0 Å². The van der Waals surface area contributed by atoms with Crippen LogP contribution in [0.1, 0.15) is 207 Å². The molecule has 0 aromatic heterocycles. The Bertz CT molecular complexity index is 532. The van der Waals surface area contributed by atoms with Crippen molar-refractivity contribution in [1.29, 1.82) is 0 Å². The molecule has 0 saturated heterocycles. The van der Waals surface area contributed by atoms with Crippen LogP contribution in [0.25, 0.3) is 0 Å². The lowest BCUT2D eigenvalue weighted by Crippen LogP contribution is -2.42. The van der Waals surface area contributed by atoms with Crippen molar-refractivity contribution in [2.24, 2.45) is 0 Å². The highest BCUT2D eigenvalue weighted by Crippen LogP contribution is 2.15. The van der Waals surface area contributed by atoms with Gasteiger partial charge in [-0.3, -0.25) is 4.79 Å². The minimum absolute atomic E-state index is 0.107. The van der Waals surface area contributed by atoms with Crippen LogP contribution in [0.2, 0.25) is 0 Å². The number of aliphatic hydroxyl groups is 1. The maximum atomic E-state index is 12.5. The van der Waals surface area contributed by atoms with Gasteiger partial charge in [0.15, 0.2) is 0 Å². The van der Waals surface area contributed by atoms with E-state index in [1.165, 1.54) is 148 Å². The molecule has 0 aliphatic carbocycles. The molecular weight excluding hydrogens is 490 g/mol. The van der Waals surface area contributed by atoms with E-state index in [2.05, 4.69) is 32.2 Å². The number of carbonyl (C=O) groups is 1. The second kappa shape index (κ2) is 32.7. The highest BCUT2D eigenvalue weighted by Gasteiger charge is 2.18. The molecule has 0 fully saturated rings. The van der Waals surface area contributed by atoms with E-state index in [0.29, 0.717) is 6.42 Å². The number of nitrogens with one attached hydrogen (secondary N) is 1. The van der Waals surface area contributed by atoms with Gasteiger partial charge in [-0.15, -0.1) is 0 Å². The average Bonchev–Trinajstić information content (AvgIpc) is 2.95. The highest BCUT2D eigenvalue weighted by atomic mass is 16.3. The number of amides is 1. The number of carbonyl (C=O) groups excluding carboxylic acids is 1. The van der Waals surface area contributed by atoms with Crippen LogP contribution in [0.4, 0.5) is 0 Å². The van der Waals surface area contributed by atoms with Crippen molar-refractivity contribution >= 4 is 5.91 Å². The highest BCUT2D eigenvalue weighted by molar-refractivity contribution is 5.76. The molecule has 1 amide bonds. The summed E-state index contributed by atoms with van der Waals surface area (Å²) in [6.07, 6.45) is 40.4. The van der Waals surface area contributed by atoms with E-state index in [1.54, 1.807) is 0 Å². The first kappa shape index (κ1) is 39.2. The lowest BCUT2D eigenvalue weighted by molar-refractivity contribution is -0.122. The molecule has 0 unspecified atom stereocenters. The molecule has 0 aliphatic heterocycles. The van der Waals surface area contributed by atoms with Gasteiger partial charge in [-0.2, -0.15) is 0 Å². The van der Waals surface area contributed by atoms with Crippen LogP contribution >= 0.6 is 0 Å². The Balaban J connectivity index is 3.73. The van der Waals surface area contributed by atoms with Gasteiger partial charge in [-0.25, -0.2) is 0 Å². The van der Waals surface area contributed by atoms with Crippen molar-refractivity contribution < 1.29 is 9.90 Å². The minimum Gasteiger partial charge on any atom is -0.387 e. The SMILES string of the molecule is CCCCCCCCCCCCC/C=C/[C@@H](O)[C@H](CCC)NC(=O)CCCCCCCCCCCCCCCC. The summed E-state index contributed by atoms with van der Waals surface area (Å²) in [5, 5.41) is 13.8. The van der Waals surface area contributed by atoms with Crippen molar-refractivity contribution in [3.8, 4) is 0 Å². The number of hydrogen-bond donors (Lipinski definition) is 2. The zero-order chi connectivity index (χ0) is 29.4. The number of hydrogen-bond acceptors (Lipinski definition) is 2. The normalized spacial score (nSPS) is 13.2. The summed E-state index contributed by atoms with van der Waals surface area (Å²) in [6, 6.07) is -0.155. The number of unbranched alkanes of at least 4 members (excludes halogenated alkanes) is 24. The molecule has 2 N–H and O–H groups in total.